The summed E-state index contributed by atoms with van der Waals surface area (Å²) in [5, 5.41) is 31.2. The predicted octanol–water partition coefficient (Wildman–Crippen LogP) is 4.28. The van der Waals surface area contributed by atoms with Crippen LogP contribution in [0.1, 0.15) is 27.9 Å². The topological polar surface area (TPSA) is 112 Å². The number of nitrogens with one attached hydrogen (secondary N) is 2. The second-order valence-electron chi connectivity index (χ2n) is 6.48. The third-order valence-corrected chi connectivity index (χ3v) is 5.41. The van der Waals surface area contributed by atoms with Gasteiger partial charge in [0.2, 0.25) is 0 Å². The number of thiocarbonyl (C=S) groups is 1. The van der Waals surface area contributed by atoms with Crippen LogP contribution in [-0.2, 0) is 13.2 Å². The highest BCUT2D eigenvalue weighted by molar-refractivity contribution is 7.80. The van der Waals surface area contributed by atoms with Gasteiger partial charge in [0.25, 0.3) is 0 Å². The normalized spacial score (nSPS) is 12.0. The number of hydrazone groups is 1. The van der Waals surface area contributed by atoms with Gasteiger partial charge in [-0.25, -0.2) is 4.79 Å². The van der Waals surface area contributed by atoms with E-state index >= 15 is 0 Å². The molecule has 0 fully saturated rings. The Labute approximate surface area is 189 Å². The first-order chi connectivity index (χ1) is 15.0. The molecule has 168 valence electrons. The van der Waals surface area contributed by atoms with Crippen molar-refractivity contribution in [3.05, 3.63) is 52.5 Å². The van der Waals surface area contributed by atoms with Gasteiger partial charge in [0.1, 0.15) is 10.6 Å². The molecule has 0 bridgehead atoms. The fraction of sp³-hybridized carbons (Fsp3) is 0.158. The Balaban J connectivity index is 1.75. The molecule has 2 heterocycles. The van der Waals surface area contributed by atoms with Crippen molar-refractivity contribution in [2.45, 2.75) is 13.1 Å². The van der Waals surface area contributed by atoms with Gasteiger partial charge in [-0.3, -0.25) is 10.1 Å². The van der Waals surface area contributed by atoms with E-state index < -0.39 is 17.7 Å². The number of hydrogen-bond donors (Lipinski definition) is 4. The van der Waals surface area contributed by atoms with E-state index in [2.05, 4.69) is 20.9 Å². The molecule has 32 heavy (non-hydrogen) atoms. The van der Waals surface area contributed by atoms with E-state index in [-0.39, 0.29) is 32.8 Å². The summed E-state index contributed by atoms with van der Waals surface area (Å²) >= 11 is 6.11. The third kappa shape index (κ3) is 5.06. The lowest BCUT2D eigenvalue weighted by Crippen LogP contribution is -2.24. The molecule has 0 aliphatic rings. The quantitative estimate of drug-likeness (QED) is 0.243. The summed E-state index contributed by atoms with van der Waals surface area (Å²) in [5.41, 5.74) is 2.72. The van der Waals surface area contributed by atoms with Crippen LogP contribution in [0, 0.1) is 0 Å². The van der Waals surface area contributed by atoms with Crippen LogP contribution in [-0.4, -0.2) is 36.8 Å². The zero-order valence-corrected chi connectivity index (χ0v) is 18.2. The van der Waals surface area contributed by atoms with Crippen LogP contribution in [0.25, 0.3) is 11.3 Å². The monoisotopic (exact) mass is 483 g/mol. The molecular formula is C19H16F3N5O3S2. The molecule has 8 nitrogen and oxygen atoms in total. The first-order valence-electron chi connectivity index (χ1n) is 8.85. The number of aromatic hydroxyl groups is 1. The minimum absolute atomic E-state index is 0.0847. The van der Waals surface area contributed by atoms with E-state index in [0.29, 0.717) is 10.6 Å². The molecule has 0 saturated carbocycles. The molecule has 0 aliphatic carbocycles. The first kappa shape index (κ1) is 23.2. The summed E-state index contributed by atoms with van der Waals surface area (Å²) in [6, 6.07) is 7.34. The maximum atomic E-state index is 12.8. The summed E-state index contributed by atoms with van der Waals surface area (Å²) in [4.78, 5) is 11.1. The molecule has 1 aromatic carbocycles. The van der Waals surface area contributed by atoms with Crippen molar-refractivity contribution in [3.8, 4) is 17.0 Å². The number of thiophene rings is 1. The highest BCUT2D eigenvalue weighted by Gasteiger charge is 2.30. The zero-order chi connectivity index (χ0) is 23.6. The maximum absolute atomic E-state index is 12.8. The Bertz CT molecular complexity index is 1200. The fourth-order valence-electron chi connectivity index (χ4n) is 2.74. The van der Waals surface area contributed by atoms with Gasteiger partial charge < -0.3 is 15.5 Å². The number of carboxylic acids is 1. The first-order valence-corrected chi connectivity index (χ1v) is 10.1. The second kappa shape index (κ2) is 8.96. The number of nitrogens with zero attached hydrogens (tertiary/aromatic N) is 3. The molecule has 0 unspecified atom stereocenters. The largest absolute Gasteiger partial charge is 0.504 e. The van der Waals surface area contributed by atoms with Gasteiger partial charge in [0.05, 0.1) is 16.3 Å². The number of halogens is 3. The molecule has 2 aromatic heterocycles. The fourth-order valence-corrected chi connectivity index (χ4v) is 3.71. The Morgan fingerprint density at radius 2 is 1.88 bits per heavy atom. The Morgan fingerprint density at radius 3 is 2.44 bits per heavy atom. The van der Waals surface area contributed by atoms with Crippen LogP contribution in [0.4, 0.5) is 18.2 Å². The molecule has 0 aliphatic heterocycles. The van der Waals surface area contributed by atoms with Gasteiger partial charge in [-0.2, -0.15) is 23.4 Å². The third-order valence-electron chi connectivity index (χ3n) is 4.23. The number of aromatic nitrogens is 2. The molecule has 0 amide bonds. The van der Waals surface area contributed by atoms with Crippen molar-refractivity contribution >= 4 is 45.3 Å². The number of carbonyl (C=O) groups is 1. The minimum atomic E-state index is -4.46. The maximum Gasteiger partial charge on any atom is 0.416 e. The average molecular weight is 483 g/mol. The van der Waals surface area contributed by atoms with Gasteiger partial charge in [-0.15, -0.1) is 11.3 Å². The molecule has 0 spiro atoms. The molecule has 0 saturated heterocycles. The highest BCUT2D eigenvalue weighted by Crippen LogP contribution is 2.35. The summed E-state index contributed by atoms with van der Waals surface area (Å²) in [6.07, 6.45) is -4.46. The van der Waals surface area contributed by atoms with Crippen LogP contribution in [0.5, 0.6) is 5.75 Å². The molecule has 0 radical (unpaired) electrons. The number of anilines is 1. The zero-order valence-electron chi connectivity index (χ0n) is 16.6. The van der Waals surface area contributed by atoms with Crippen LogP contribution >= 0.6 is 23.6 Å². The molecule has 13 heteroatoms. The summed E-state index contributed by atoms with van der Waals surface area (Å²) < 4.78 is 39.7. The van der Waals surface area contributed by atoms with E-state index in [1.165, 1.54) is 22.9 Å². The Kier molecular flexibility index (Phi) is 6.50. The van der Waals surface area contributed by atoms with Crippen molar-refractivity contribution in [2.75, 3.05) is 5.32 Å². The van der Waals surface area contributed by atoms with Crippen LogP contribution in [0.2, 0.25) is 0 Å². The number of alkyl halides is 3. The smallest absolute Gasteiger partial charge is 0.416 e. The molecular weight excluding hydrogens is 467 g/mol. The predicted molar refractivity (Wildman–Crippen MR) is 118 cm³/mol. The number of benzene rings is 1. The van der Waals surface area contributed by atoms with E-state index in [4.69, 9.17) is 17.3 Å². The second-order valence-corrected chi connectivity index (χ2v) is 7.97. The summed E-state index contributed by atoms with van der Waals surface area (Å²) in [5.74, 6) is -1.30. The number of hydrogen-bond acceptors (Lipinski definition) is 6. The van der Waals surface area contributed by atoms with E-state index in [0.717, 1.165) is 23.5 Å². The van der Waals surface area contributed by atoms with Crippen LogP contribution in [0.3, 0.4) is 0 Å². The standard InChI is InChI=1S/C19H16F3N5O3S2/c1-9(24-25-18(31)23-13-8-7-12(32-13)17(29)30)14-16(28)15(27(2)26-14)10-3-5-11(6-4-10)19(20,21)22/h3-8,28H,1-2H3,(H,29,30)(H2,23,25,31)/b24-9-. The lowest BCUT2D eigenvalue weighted by molar-refractivity contribution is -0.137. The van der Waals surface area contributed by atoms with Crippen molar-refractivity contribution in [2.24, 2.45) is 12.1 Å². The average Bonchev–Trinajstić information content (AvgIpc) is 3.30. The molecule has 3 rings (SSSR count). The van der Waals surface area contributed by atoms with Crippen molar-refractivity contribution in [1.82, 2.24) is 15.2 Å². The highest BCUT2D eigenvalue weighted by atomic mass is 32.1. The van der Waals surface area contributed by atoms with Gasteiger partial charge in [-0.1, -0.05) is 12.1 Å². The van der Waals surface area contributed by atoms with Crippen molar-refractivity contribution in [3.63, 3.8) is 0 Å². The minimum Gasteiger partial charge on any atom is -0.504 e. The summed E-state index contributed by atoms with van der Waals surface area (Å²) in [7, 11) is 1.54. The van der Waals surface area contributed by atoms with E-state index in [1.807, 2.05) is 0 Å². The van der Waals surface area contributed by atoms with Gasteiger partial charge >= 0.3 is 12.1 Å². The van der Waals surface area contributed by atoms with Gasteiger partial charge in [0, 0.05) is 12.6 Å². The van der Waals surface area contributed by atoms with E-state index in [9.17, 15) is 23.1 Å². The SMILES string of the molecule is C/C(=N/NC(=S)Nc1ccc(C(=O)O)s1)c1nn(C)c(-c2ccc(C(F)(F)F)cc2)c1O. The van der Waals surface area contributed by atoms with Crippen LogP contribution < -0.4 is 10.7 Å². The number of rotatable bonds is 5. The van der Waals surface area contributed by atoms with Crippen LogP contribution in [0.15, 0.2) is 41.5 Å². The Hall–Kier alpha value is -3.45. The van der Waals surface area contributed by atoms with Crippen molar-refractivity contribution < 1.29 is 28.2 Å². The number of aryl methyl sites for hydroxylation is 1. The Morgan fingerprint density at radius 1 is 1.22 bits per heavy atom. The molecule has 0 atom stereocenters. The van der Waals surface area contributed by atoms with Gasteiger partial charge in [-0.05, 0) is 43.4 Å². The number of carboxylic acid groups (broad SMARTS) is 1. The van der Waals surface area contributed by atoms with Crippen molar-refractivity contribution in [1.29, 1.82) is 0 Å². The van der Waals surface area contributed by atoms with Gasteiger partial charge in [0.15, 0.2) is 16.6 Å². The lowest BCUT2D eigenvalue weighted by atomic mass is 10.1. The number of aromatic carboxylic acids is 1. The van der Waals surface area contributed by atoms with E-state index in [1.54, 1.807) is 20.0 Å². The molecule has 4 N–H and O–H groups in total. The summed E-state index contributed by atoms with van der Waals surface area (Å²) in [6.45, 7) is 1.56. The molecule has 3 aromatic rings. The lowest BCUT2D eigenvalue weighted by Gasteiger charge is -2.08.